The van der Waals surface area contributed by atoms with Gasteiger partial charge in [-0.15, -0.1) is 0 Å². The highest BCUT2D eigenvalue weighted by atomic mass is 32.2. The Bertz CT molecular complexity index is 418. The lowest BCUT2D eigenvalue weighted by Crippen LogP contribution is -1.79. The van der Waals surface area contributed by atoms with Crippen LogP contribution in [0.3, 0.4) is 0 Å². The van der Waals surface area contributed by atoms with E-state index in [9.17, 15) is 5.11 Å². The van der Waals surface area contributed by atoms with Crippen LogP contribution in [-0.2, 0) is 0 Å². The highest BCUT2D eigenvalue weighted by Gasteiger charge is 2.02. The molecular weight excluding hydrogens is 266 g/mol. The lowest BCUT2D eigenvalue weighted by Gasteiger charge is -2.01. The van der Waals surface area contributed by atoms with E-state index in [0.717, 1.165) is 4.90 Å². The van der Waals surface area contributed by atoms with Crippen LogP contribution in [0, 0.1) is 0 Å². The smallest absolute Gasteiger partial charge is 0.148 e. The van der Waals surface area contributed by atoms with Crippen molar-refractivity contribution in [2.45, 2.75) is 51.5 Å². The lowest BCUT2D eigenvalue weighted by molar-refractivity contribution is 0.457. The van der Waals surface area contributed by atoms with Crippen molar-refractivity contribution >= 4 is 11.8 Å². The van der Waals surface area contributed by atoms with Crippen LogP contribution >= 0.6 is 11.8 Å². The van der Waals surface area contributed by atoms with Crippen LogP contribution in [0.25, 0.3) is 0 Å². The molecule has 0 unspecified atom stereocenters. The number of hydrogen-bond donors (Lipinski definition) is 1. The minimum atomic E-state index is 0.223. The molecule has 1 N–H and O–H groups in total. The van der Waals surface area contributed by atoms with E-state index in [1.165, 1.54) is 11.8 Å². The molecule has 1 heterocycles. The molecular formula is C17H27NOS. The summed E-state index contributed by atoms with van der Waals surface area (Å²) in [5, 5.41) is 10.1. The van der Waals surface area contributed by atoms with Gasteiger partial charge in [-0.1, -0.05) is 71.5 Å². The molecule has 112 valence electrons. The van der Waals surface area contributed by atoms with Crippen molar-refractivity contribution in [1.29, 1.82) is 0 Å². The first kappa shape index (κ1) is 20.8. The Hall–Kier alpha value is -1.48. The van der Waals surface area contributed by atoms with Gasteiger partial charge in [0.1, 0.15) is 10.8 Å². The van der Waals surface area contributed by atoms with Crippen LogP contribution < -0.4 is 0 Å². The van der Waals surface area contributed by atoms with E-state index in [-0.39, 0.29) is 5.75 Å². The lowest BCUT2D eigenvalue weighted by atomic mass is 10.4. The first-order valence-corrected chi connectivity index (χ1v) is 8.05. The van der Waals surface area contributed by atoms with Crippen molar-refractivity contribution in [1.82, 2.24) is 4.98 Å². The highest BCUT2D eigenvalue weighted by molar-refractivity contribution is 7.99. The van der Waals surface area contributed by atoms with Crippen molar-refractivity contribution < 1.29 is 5.11 Å². The molecule has 2 rings (SSSR count). The second-order valence-corrected chi connectivity index (χ2v) is 3.81. The van der Waals surface area contributed by atoms with Crippen LogP contribution in [0.4, 0.5) is 0 Å². The maximum Gasteiger partial charge on any atom is 0.148 e. The SMILES string of the molecule is CC.CC.CC.Oc1cccnc1Sc1ccccc1. The summed E-state index contributed by atoms with van der Waals surface area (Å²) in [4.78, 5) is 5.16. The molecule has 0 bridgehead atoms. The third-order valence-electron chi connectivity index (χ3n) is 1.71. The number of benzene rings is 1. The van der Waals surface area contributed by atoms with E-state index in [0.29, 0.717) is 5.03 Å². The van der Waals surface area contributed by atoms with Gasteiger partial charge in [0.15, 0.2) is 0 Å². The first-order valence-electron chi connectivity index (χ1n) is 7.23. The molecule has 0 atom stereocenters. The Balaban J connectivity index is 0. The minimum absolute atomic E-state index is 0.223. The van der Waals surface area contributed by atoms with Crippen LogP contribution in [0.5, 0.6) is 5.75 Å². The number of nitrogens with zero attached hydrogens (tertiary/aromatic N) is 1. The summed E-state index contributed by atoms with van der Waals surface area (Å²) < 4.78 is 0. The van der Waals surface area contributed by atoms with Crippen molar-refractivity contribution in [3.05, 3.63) is 48.7 Å². The van der Waals surface area contributed by atoms with E-state index in [1.807, 2.05) is 71.9 Å². The average molecular weight is 293 g/mol. The fourth-order valence-electron chi connectivity index (χ4n) is 1.06. The second-order valence-electron chi connectivity index (χ2n) is 2.74. The summed E-state index contributed by atoms with van der Waals surface area (Å²) >= 11 is 1.45. The van der Waals surface area contributed by atoms with Crippen molar-refractivity contribution in [2.75, 3.05) is 0 Å². The van der Waals surface area contributed by atoms with Gasteiger partial charge in [-0.05, 0) is 24.3 Å². The standard InChI is InChI=1S/C11H9NOS.3C2H6/c13-10-7-4-8-12-11(10)14-9-5-2-1-3-6-9;3*1-2/h1-8,13H;3*1-2H3. The predicted octanol–water partition coefficient (Wildman–Crippen LogP) is 6.02. The molecule has 0 aliphatic carbocycles. The normalized spacial score (nSPS) is 7.90. The molecule has 3 heteroatoms. The van der Waals surface area contributed by atoms with Crippen molar-refractivity contribution in [3.63, 3.8) is 0 Å². The van der Waals surface area contributed by atoms with Crippen LogP contribution in [0.1, 0.15) is 41.5 Å². The molecule has 0 saturated carbocycles. The molecule has 0 radical (unpaired) electrons. The summed E-state index contributed by atoms with van der Waals surface area (Å²) in [7, 11) is 0. The molecule has 0 saturated heterocycles. The van der Waals surface area contributed by atoms with Gasteiger partial charge in [0.05, 0.1) is 0 Å². The van der Waals surface area contributed by atoms with E-state index in [2.05, 4.69) is 4.98 Å². The number of rotatable bonds is 2. The van der Waals surface area contributed by atoms with Gasteiger partial charge in [0.2, 0.25) is 0 Å². The topological polar surface area (TPSA) is 33.1 Å². The quantitative estimate of drug-likeness (QED) is 0.735. The molecule has 1 aromatic carbocycles. The molecule has 0 aliphatic rings. The van der Waals surface area contributed by atoms with Crippen molar-refractivity contribution in [2.24, 2.45) is 0 Å². The molecule has 0 spiro atoms. The maximum atomic E-state index is 9.49. The molecule has 0 fully saturated rings. The fourth-order valence-corrected chi connectivity index (χ4v) is 1.86. The number of aromatic nitrogens is 1. The Kier molecular flexibility index (Phi) is 16.2. The molecule has 0 aliphatic heterocycles. The molecule has 2 nitrogen and oxygen atoms in total. The van der Waals surface area contributed by atoms with E-state index in [1.54, 1.807) is 18.3 Å². The van der Waals surface area contributed by atoms with Gasteiger partial charge in [-0.2, -0.15) is 0 Å². The summed E-state index contributed by atoms with van der Waals surface area (Å²) in [5.41, 5.74) is 0. The Labute approximate surface area is 128 Å². The van der Waals surface area contributed by atoms with Gasteiger partial charge in [0, 0.05) is 11.1 Å². The molecule has 0 amide bonds. The third kappa shape index (κ3) is 8.59. The summed E-state index contributed by atoms with van der Waals surface area (Å²) in [6.45, 7) is 12.0. The van der Waals surface area contributed by atoms with Crippen LogP contribution in [0.2, 0.25) is 0 Å². The second kappa shape index (κ2) is 15.6. The Morgan fingerprint density at radius 3 is 1.85 bits per heavy atom. The largest absolute Gasteiger partial charge is 0.505 e. The monoisotopic (exact) mass is 293 g/mol. The minimum Gasteiger partial charge on any atom is -0.505 e. The Morgan fingerprint density at radius 1 is 0.800 bits per heavy atom. The average Bonchev–Trinajstić information content (AvgIpc) is 2.56. The number of aromatic hydroxyl groups is 1. The zero-order valence-electron chi connectivity index (χ0n) is 13.4. The van der Waals surface area contributed by atoms with Crippen LogP contribution in [-0.4, -0.2) is 10.1 Å². The number of pyridine rings is 1. The fraction of sp³-hybridized carbons (Fsp3) is 0.353. The van der Waals surface area contributed by atoms with Crippen LogP contribution in [0.15, 0.2) is 58.6 Å². The summed E-state index contributed by atoms with van der Waals surface area (Å²) in [5.74, 6) is 0.223. The zero-order chi connectivity index (χ0) is 15.8. The zero-order valence-corrected chi connectivity index (χ0v) is 14.2. The van der Waals surface area contributed by atoms with E-state index >= 15 is 0 Å². The van der Waals surface area contributed by atoms with Crippen molar-refractivity contribution in [3.8, 4) is 5.75 Å². The molecule has 20 heavy (non-hydrogen) atoms. The van der Waals surface area contributed by atoms with E-state index < -0.39 is 0 Å². The predicted molar refractivity (Wildman–Crippen MR) is 90.5 cm³/mol. The Morgan fingerprint density at radius 2 is 1.35 bits per heavy atom. The van der Waals surface area contributed by atoms with Gasteiger partial charge < -0.3 is 5.11 Å². The van der Waals surface area contributed by atoms with Gasteiger partial charge in [-0.3, -0.25) is 0 Å². The van der Waals surface area contributed by atoms with Gasteiger partial charge >= 0.3 is 0 Å². The molecule has 2 aromatic rings. The van der Waals surface area contributed by atoms with Gasteiger partial charge in [0.25, 0.3) is 0 Å². The summed E-state index contributed by atoms with van der Waals surface area (Å²) in [6, 6.07) is 13.2. The molecule has 1 aromatic heterocycles. The third-order valence-corrected chi connectivity index (χ3v) is 2.72. The highest BCUT2D eigenvalue weighted by Crippen LogP contribution is 2.31. The number of hydrogen-bond acceptors (Lipinski definition) is 3. The van der Waals surface area contributed by atoms with E-state index in [4.69, 9.17) is 0 Å². The summed E-state index contributed by atoms with van der Waals surface area (Å²) in [6.07, 6.45) is 1.67. The first-order chi connectivity index (χ1) is 9.86. The van der Waals surface area contributed by atoms with Gasteiger partial charge in [-0.25, -0.2) is 4.98 Å². The maximum absolute atomic E-state index is 9.49.